The van der Waals surface area contributed by atoms with E-state index in [1.54, 1.807) is 24.3 Å². The molecule has 1 aromatic rings. The lowest BCUT2D eigenvalue weighted by atomic mass is 9.93. The molecule has 0 amide bonds. The average Bonchev–Trinajstić information content (AvgIpc) is 2.48. The Kier molecular flexibility index (Phi) is 4.94. The van der Waals surface area contributed by atoms with Crippen LogP contribution in [0.25, 0.3) is 5.76 Å². The molecule has 1 atom stereocenters. The summed E-state index contributed by atoms with van der Waals surface area (Å²) in [5.41, 5.74) is 0.771. The summed E-state index contributed by atoms with van der Waals surface area (Å²) in [4.78, 5) is 12.1. The molecule has 0 saturated carbocycles. The van der Waals surface area contributed by atoms with Crippen LogP contribution < -0.4 is 0 Å². The predicted molar refractivity (Wildman–Crippen MR) is 80.6 cm³/mol. The smallest absolute Gasteiger partial charge is 0.192 e. The van der Waals surface area contributed by atoms with Gasteiger partial charge in [-0.15, -0.1) is 0 Å². The number of ketones is 1. The number of rotatable bonds is 5. The number of carbonyl (C=O) groups excluding carboxylic acids is 1. The molecule has 1 aromatic carbocycles. The first-order valence-corrected chi connectivity index (χ1v) is 7.13. The minimum absolute atomic E-state index is 0.0764. The lowest BCUT2D eigenvalue weighted by molar-refractivity contribution is -0.175. The zero-order valence-corrected chi connectivity index (χ0v) is 12.1. The zero-order chi connectivity index (χ0) is 15.3. The van der Waals surface area contributed by atoms with Crippen LogP contribution in [0, 0.1) is 0 Å². The van der Waals surface area contributed by atoms with Gasteiger partial charge in [0, 0.05) is 5.56 Å². The summed E-state index contributed by atoms with van der Waals surface area (Å²) in [6.07, 6.45) is 4.45. The Morgan fingerprint density at radius 3 is 2.67 bits per heavy atom. The van der Waals surface area contributed by atoms with Crippen molar-refractivity contribution in [2.45, 2.75) is 32.0 Å². The predicted octanol–water partition coefficient (Wildman–Crippen LogP) is 2.99. The van der Waals surface area contributed by atoms with Crippen molar-refractivity contribution < 1.29 is 19.7 Å². The first-order chi connectivity index (χ1) is 10.1. The van der Waals surface area contributed by atoms with Crippen LogP contribution in [0.3, 0.4) is 0 Å². The Hall–Kier alpha value is -1.91. The number of unbranched alkanes of at least 4 members (excludes halogenated alkanes) is 1. The molecule has 0 radical (unpaired) electrons. The molecule has 0 aromatic heterocycles. The van der Waals surface area contributed by atoms with E-state index in [1.807, 2.05) is 13.0 Å². The van der Waals surface area contributed by atoms with Crippen LogP contribution in [0.5, 0.6) is 0 Å². The molecule has 2 N–H and O–H groups in total. The fraction of sp³-hybridized carbons (Fsp3) is 0.353. The van der Waals surface area contributed by atoms with Crippen LogP contribution in [0.2, 0.25) is 0 Å². The second-order valence-electron chi connectivity index (χ2n) is 5.11. The SMILES string of the molecule is CCCCOC1(O)C=CC(=C(O)c2ccccc2)C(=O)C1. The van der Waals surface area contributed by atoms with Crippen molar-refractivity contribution in [3.05, 3.63) is 53.6 Å². The number of Topliss-reactive ketones (excluding diaryl/α,β-unsaturated/α-hetero) is 1. The van der Waals surface area contributed by atoms with E-state index in [2.05, 4.69) is 0 Å². The van der Waals surface area contributed by atoms with Crippen molar-refractivity contribution in [1.29, 1.82) is 0 Å². The number of allylic oxidation sites excluding steroid dienone is 2. The lowest BCUT2D eigenvalue weighted by Crippen LogP contribution is -2.36. The second-order valence-corrected chi connectivity index (χ2v) is 5.11. The lowest BCUT2D eigenvalue weighted by Gasteiger charge is -2.27. The Balaban J connectivity index is 2.20. The highest BCUT2D eigenvalue weighted by Crippen LogP contribution is 2.28. The summed E-state index contributed by atoms with van der Waals surface area (Å²) in [7, 11) is 0. The molecule has 0 bridgehead atoms. The highest BCUT2D eigenvalue weighted by atomic mass is 16.6. The van der Waals surface area contributed by atoms with Gasteiger partial charge in [-0.2, -0.15) is 0 Å². The van der Waals surface area contributed by atoms with Crippen molar-refractivity contribution >= 4 is 11.5 Å². The number of aliphatic hydroxyl groups is 2. The van der Waals surface area contributed by atoms with Crippen molar-refractivity contribution in [2.75, 3.05) is 6.61 Å². The van der Waals surface area contributed by atoms with E-state index in [9.17, 15) is 15.0 Å². The topological polar surface area (TPSA) is 66.8 Å². The maximum absolute atomic E-state index is 12.1. The molecular formula is C17H20O4. The summed E-state index contributed by atoms with van der Waals surface area (Å²) in [5.74, 6) is -1.97. The molecular weight excluding hydrogens is 268 g/mol. The van der Waals surface area contributed by atoms with E-state index in [-0.39, 0.29) is 23.5 Å². The number of aliphatic hydroxyl groups excluding tert-OH is 1. The third-order valence-corrected chi connectivity index (χ3v) is 3.38. The van der Waals surface area contributed by atoms with Crippen molar-refractivity contribution in [2.24, 2.45) is 0 Å². The van der Waals surface area contributed by atoms with Gasteiger partial charge in [0.25, 0.3) is 0 Å². The zero-order valence-electron chi connectivity index (χ0n) is 12.1. The number of benzene rings is 1. The van der Waals surface area contributed by atoms with Crippen molar-refractivity contribution in [1.82, 2.24) is 0 Å². The molecule has 4 heteroatoms. The number of carbonyl (C=O) groups is 1. The molecule has 0 saturated heterocycles. The van der Waals surface area contributed by atoms with Gasteiger partial charge >= 0.3 is 0 Å². The first-order valence-electron chi connectivity index (χ1n) is 7.13. The molecule has 2 rings (SSSR count). The van der Waals surface area contributed by atoms with E-state index in [1.165, 1.54) is 12.2 Å². The van der Waals surface area contributed by atoms with Gasteiger partial charge in [0.1, 0.15) is 5.76 Å². The summed E-state index contributed by atoms with van der Waals surface area (Å²) >= 11 is 0. The van der Waals surface area contributed by atoms with Gasteiger partial charge in [-0.05, 0) is 18.6 Å². The minimum Gasteiger partial charge on any atom is -0.507 e. The van der Waals surface area contributed by atoms with Crippen LogP contribution in [-0.4, -0.2) is 28.4 Å². The van der Waals surface area contributed by atoms with Gasteiger partial charge < -0.3 is 14.9 Å². The molecule has 112 valence electrons. The van der Waals surface area contributed by atoms with Crippen LogP contribution in [-0.2, 0) is 9.53 Å². The summed E-state index contributed by atoms with van der Waals surface area (Å²) in [6.45, 7) is 2.42. The van der Waals surface area contributed by atoms with Gasteiger partial charge in [0.2, 0.25) is 0 Å². The summed E-state index contributed by atoms with van der Waals surface area (Å²) < 4.78 is 5.36. The normalized spacial score (nSPS) is 24.2. The molecule has 0 fully saturated rings. The largest absolute Gasteiger partial charge is 0.507 e. The second kappa shape index (κ2) is 6.70. The fourth-order valence-corrected chi connectivity index (χ4v) is 2.15. The van der Waals surface area contributed by atoms with Crippen LogP contribution in [0.15, 0.2) is 48.1 Å². The minimum atomic E-state index is -1.56. The molecule has 0 aliphatic heterocycles. The maximum atomic E-state index is 12.1. The summed E-state index contributed by atoms with van der Waals surface area (Å²) in [6, 6.07) is 8.85. The maximum Gasteiger partial charge on any atom is 0.192 e. The van der Waals surface area contributed by atoms with E-state index < -0.39 is 5.79 Å². The first kappa shape index (κ1) is 15.5. The van der Waals surface area contributed by atoms with Crippen molar-refractivity contribution in [3.63, 3.8) is 0 Å². The van der Waals surface area contributed by atoms with Gasteiger partial charge in [0.15, 0.2) is 11.6 Å². The molecule has 4 nitrogen and oxygen atoms in total. The number of ether oxygens (including phenoxy) is 1. The Bertz CT molecular complexity index is 559. The van der Waals surface area contributed by atoms with Crippen LogP contribution in [0.1, 0.15) is 31.7 Å². The van der Waals surface area contributed by atoms with Gasteiger partial charge in [-0.1, -0.05) is 43.7 Å². The van der Waals surface area contributed by atoms with E-state index >= 15 is 0 Å². The Morgan fingerprint density at radius 1 is 1.33 bits per heavy atom. The van der Waals surface area contributed by atoms with E-state index in [0.717, 1.165) is 12.8 Å². The Labute approximate surface area is 124 Å². The average molecular weight is 288 g/mol. The number of hydrogen-bond donors (Lipinski definition) is 2. The monoisotopic (exact) mass is 288 g/mol. The van der Waals surface area contributed by atoms with Crippen LogP contribution >= 0.6 is 0 Å². The molecule has 1 aliphatic rings. The Morgan fingerprint density at radius 2 is 2.05 bits per heavy atom. The van der Waals surface area contributed by atoms with Gasteiger partial charge in [-0.25, -0.2) is 0 Å². The highest BCUT2D eigenvalue weighted by molar-refractivity contribution is 6.05. The molecule has 0 spiro atoms. The molecule has 1 unspecified atom stereocenters. The molecule has 0 heterocycles. The van der Waals surface area contributed by atoms with Crippen LogP contribution in [0.4, 0.5) is 0 Å². The van der Waals surface area contributed by atoms with Crippen molar-refractivity contribution in [3.8, 4) is 0 Å². The summed E-state index contributed by atoms with van der Waals surface area (Å²) in [5, 5.41) is 20.4. The third-order valence-electron chi connectivity index (χ3n) is 3.38. The van der Waals surface area contributed by atoms with E-state index in [4.69, 9.17) is 4.74 Å². The third kappa shape index (κ3) is 3.80. The fourth-order valence-electron chi connectivity index (χ4n) is 2.15. The quantitative estimate of drug-likeness (QED) is 0.378. The molecule has 21 heavy (non-hydrogen) atoms. The standard InChI is InChI=1S/C17H20O4/c1-2-3-11-21-17(20)10-9-14(15(18)12-17)16(19)13-7-5-4-6-8-13/h4-10,19-20H,2-3,11-12H2,1H3. The highest BCUT2D eigenvalue weighted by Gasteiger charge is 2.34. The number of hydrogen-bond acceptors (Lipinski definition) is 4. The van der Waals surface area contributed by atoms with E-state index in [0.29, 0.717) is 12.2 Å². The van der Waals surface area contributed by atoms with Gasteiger partial charge in [0.05, 0.1) is 18.6 Å². The van der Waals surface area contributed by atoms with Gasteiger partial charge in [-0.3, -0.25) is 4.79 Å². The molecule has 1 aliphatic carbocycles.